The van der Waals surface area contributed by atoms with Gasteiger partial charge in [-0.2, -0.15) is 0 Å². The number of ether oxygens (including phenoxy) is 1. The van der Waals surface area contributed by atoms with Crippen molar-refractivity contribution < 1.29 is 18.7 Å². The van der Waals surface area contributed by atoms with Gasteiger partial charge in [0.25, 0.3) is 0 Å². The SMILES string of the molecule is CC(=O)NCC1COC(=O)N1c1ccc(N2CCN(c3nccnc3C)CC2)c(F)c1. The summed E-state index contributed by atoms with van der Waals surface area (Å²) in [6, 6.07) is 4.38. The van der Waals surface area contributed by atoms with E-state index in [2.05, 4.69) is 20.2 Å². The Labute approximate surface area is 179 Å². The molecule has 164 valence electrons. The minimum atomic E-state index is -0.546. The number of piperazine rings is 1. The lowest BCUT2D eigenvalue weighted by molar-refractivity contribution is -0.119. The number of rotatable bonds is 5. The molecule has 2 fully saturated rings. The maximum atomic E-state index is 15.0. The molecule has 2 aliphatic heterocycles. The van der Waals surface area contributed by atoms with Crippen molar-refractivity contribution in [2.75, 3.05) is 54.0 Å². The van der Waals surface area contributed by atoms with Gasteiger partial charge in [-0.25, -0.2) is 14.2 Å². The van der Waals surface area contributed by atoms with Crippen LogP contribution in [0.3, 0.4) is 0 Å². The molecule has 2 saturated heterocycles. The fourth-order valence-electron chi connectivity index (χ4n) is 3.96. The zero-order chi connectivity index (χ0) is 22.0. The topological polar surface area (TPSA) is 90.9 Å². The standard InChI is InChI=1S/C21H25FN6O3/c1-14-20(24-6-5-23-14)27-9-7-26(8-10-27)19-4-3-16(11-18(19)22)28-17(12-25-15(2)29)13-31-21(28)30/h3-6,11,17H,7-10,12-13H2,1-2H3,(H,25,29). The summed E-state index contributed by atoms with van der Waals surface area (Å²) in [6.45, 7) is 6.42. The van der Waals surface area contributed by atoms with Crippen LogP contribution < -0.4 is 20.0 Å². The molecule has 0 radical (unpaired) electrons. The number of anilines is 3. The van der Waals surface area contributed by atoms with Gasteiger partial charge < -0.3 is 19.9 Å². The van der Waals surface area contributed by atoms with E-state index in [-0.39, 0.29) is 25.1 Å². The lowest BCUT2D eigenvalue weighted by atomic mass is 10.2. The first-order chi connectivity index (χ1) is 14.9. The van der Waals surface area contributed by atoms with Crippen molar-refractivity contribution in [1.29, 1.82) is 0 Å². The molecule has 0 aliphatic carbocycles. The van der Waals surface area contributed by atoms with E-state index < -0.39 is 11.9 Å². The van der Waals surface area contributed by atoms with Crippen LogP contribution in [0.4, 0.5) is 26.4 Å². The second-order valence-electron chi connectivity index (χ2n) is 7.61. The third kappa shape index (κ3) is 4.37. The molecule has 4 rings (SSSR count). The Hall–Kier alpha value is -3.43. The lowest BCUT2D eigenvalue weighted by Gasteiger charge is -2.37. The van der Waals surface area contributed by atoms with Crippen LogP contribution in [0.5, 0.6) is 0 Å². The fraction of sp³-hybridized carbons (Fsp3) is 0.429. The Morgan fingerprint density at radius 2 is 1.90 bits per heavy atom. The number of hydrogen-bond acceptors (Lipinski definition) is 7. The summed E-state index contributed by atoms with van der Waals surface area (Å²) in [5, 5.41) is 2.68. The van der Waals surface area contributed by atoms with E-state index >= 15 is 4.39 Å². The summed E-state index contributed by atoms with van der Waals surface area (Å²) >= 11 is 0. The van der Waals surface area contributed by atoms with E-state index in [0.717, 1.165) is 11.5 Å². The number of nitrogens with zero attached hydrogens (tertiary/aromatic N) is 5. The third-order valence-corrected chi connectivity index (χ3v) is 5.53. The number of hydrogen-bond donors (Lipinski definition) is 1. The number of amides is 2. The fourth-order valence-corrected chi connectivity index (χ4v) is 3.96. The van der Waals surface area contributed by atoms with E-state index in [9.17, 15) is 9.59 Å². The summed E-state index contributed by atoms with van der Waals surface area (Å²) in [6.07, 6.45) is 2.80. The lowest BCUT2D eigenvalue weighted by Crippen LogP contribution is -2.47. The molecular weight excluding hydrogens is 403 g/mol. The van der Waals surface area contributed by atoms with Gasteiger partial charge in [0.1, 0.15) is 18.2 Å². The van der Waals surface area contributed by atoms with Crippen molar-refractivity contribution in [2.24, 2.45) is 0 Å². The summed E-state index contributed by atoms with van der Waals surface area (Å²) in [5.74, 6) is 0.256. The first-order valence-corrected chi connectivity index (χ1v) is 10.2. The van der Waals surface area contributed by atoms with Crippen molar-refractivity contribution in [2.45, 2.75) is 19.9 Å². The average Bonchev–Trinajstić information content (AvgIpc) is 3.13. The molecular formula is C21H25FN6O3. The van der Waals surface area contributed by atoms with Crippen molar-refractivity contribution >= 4 is 29.2 Å². The zero-order valence-corrected chi connectivity index (χ0v) is 17.5. The molecule has 0 bridgehead atoms. The highest BCUT2D eigenvalue weighted by molar-refractivity contribution is 5.90. The van der Waals surface area contributed by atoms with E-state index in [4.69, 9.17) is 4.74 Å². The van der Waals surface area contributed by atoms with Gasteiger partial charge in [0.2, 0.25) is 5.91 Å². The highest BCUT2D eigenvalue weighted by atomic mass is 19.1. The average molecular weight is 428 g/mol. The molecule has 1 unspecified atom stereocenters. The molecule has 1 N–H and O–H groups in total. The molecule has 10 heteroatoms. The molecule has 3 heterocycles. The van der Waals surface area contributed by atoms with Gasteiger partial charge in [-0.05, 0) is 25.1 Å². The van der Waals surface area contributed by atoms with E-state index in [0.29, 0.717) is 37.6 Å². The van der Waals surface area contributed by atoms with E-state index in [1.165, 1.54) is 17.9 Å². The number of carbonyl (C=O) groups is 2. The first-order valence-electron chi connectivity index (χ1n) is 10.2. The van der Waals surface area contributed by atoms with Gasteiger partial charge in [-0.15, -0.1) is 0 Å². The Balaban J connectivity index is 1.45. The molecule has 0 saturated carbocycles. The second-order valence-corrected chi connectivity index (χ2v) is 7.61. The van der Waals surface area contributed by atoms with Crippen LogP contribution in [-0.4, -0.2) is 67.3 Å². The largest absolute Gasteiger partial charge is 0.447 e. The van der Waals surface area contributed by atoms with Gasteiger partial charge in [0.15, 0.2) is 0 Å². The first kappa shape index (κ1) is 20.8. The van der Waals surface area contributed by atoms with Gasteiger partial charge in [0.05, 0.1) is 23.1 Å². The van der Waals surface area contributed by atoms with Crippen LogP contribution in [0.15, 0.2) is 30.6 Å². The molecule has 2 amide bonds. The number of aromatic nitrogens is 2. The van der Waals surface area contributed by atoms with Gasteiger partial charge in [-0.3, -0.25) is 14.7 Å². The van der Waals surface area contributed by atoms with Crippen molar-refractivity contribution in [3.63, 3.8) is 0 Å². The van der Waals surface area contributed by atoms with Crippen molar-refractivity contribution in [1.82, 2.24) is 15.3 Å². The Morgan fingerprint density at radius 1 is 1.19 bits per heavy atom. The predicted octanol–water partition coefficient (Wildman–Crippen LogP) is 1.71. The number of aryl methyl sites for hydroxylation is 1. The molecule has 1 atom stereocenters. The highest BCUT2D eigenvalue weighted by Gasteiger charge is 2.35. The minimum absolute atomic E-state index is 0.145. The quantitative estimate of drug-likeness (QED) is 0.775. The molecule has 2 aromatic rings. The van der Waals surface area contributed by atoms with Gasteiger partial charge in [-0.1, -0.05) is 0 Å². The number of carbonyl (C=O) groups excluding carboxylic acids is 2. The van der Waals surface area contributed by atoms with Gasteiger partial charge in [0, 0.05) is 52.0 Å². The minimum Gasteiger partial charge on any atom is -0.447 e. The summed E-state index contributed by atoms with van der Waals surface area (Å²) in [5.41, 5.74) is 1.77. The van der Waals surface area contributed by atoms with Crippen LogP contribution in [0.25, 0.3) is 0 Å². The van der Waals surface area contributed by atoms with Crippen LogP contribution in [-0.2, 0) is 9.53 Å². The van der Waals surface area contributed by atoms with Crippen molar-refractivity contribution in [3.05, 3.63) is 42.1 Å². The Kier molecular flexibility index (Phi) is 5.88. The summed E-state index contributed by atoms with van der Waals surface area (Å²) in [4.78, 5) is 37.6. The van der Waals surface area contributed by atoms with Crippen LogP contribution >= 0.6 is 0 Å². The second kappa shape index (κ2) is 8.75. The number of benzene rings is 1. The molecule has 31 heavy (non-hydrogen) atoms. The van der Waals surface area contributed by atoms with E-state index in [1.54, 1.807) is 24.5 Å². The Morgan fingerprint density at radius 3 is 2.58 bits per heavy atom. The van der Waals surface area contributed by atoms with Crippen LogP contribution in [0, 0.1) is 12.7 Å². The monoisotopic (exact) mass is 428 g/mol. The number of nitrogens with one attached hydrogen (secondary N) is 1. The maximum Gasteiger partial charge on any atom is 0.414 e. The third-order valence-electron chi connectivity index (χ3n) is 5.53. The maximum absolute atomic E-state index is 15.0. The normalized spacial score (nSPS) is 18.9. The summed E-state index contributed by atoms with van der Waals surface area (Å²) < 4.78 is 20.1. The van der Waals surface area contributed by atoms with E-state index in [1.807, 2.05) is 11.8 Å². The number of halogens is 1. The highest BCUT2D eigenvalue weighted by Crippen LogP contribution is 2.30. The molecule has 1 aromatic carbocycles. The number of cyclic esters (lactones) is 1. The smallest absolute Gasteiger partial charge is 0.414 e. The van der Waals surface area contributed by atoms with Crippen LogP contribution in [0.1, 0.15) is 12.6 Å². The zero-order valence-electron chi connectivity index (χ0n) is 17.5. The molecule has 1 aromatic heterocycles. The Bertz CT molecular complexity index is 979. The summed E-state index contributed by atoms with van der Waals surface area (Å²) in [7, 11) is 0. The molecule has 9 nitrogen and oxygen atoms in total. The van der Waals surface area contributed by atoms with Crippen LogP contribution in [0.2, 0.25) is 0 Å². The molecule has 2 aliphatic rings. The van der Waals surface area contributed by atoms with Gasteiger partial charge >= 0.3 is 6.09 Å². The van der Waals surface area contributed by atoms with Crippen molar-refractivity contribution in [3.8, 4) is 0 Å². The predicted molar refractivity (Wildman–Crippen MR) is 114 cm³/mol. The molecule has 0 spiro atoms.